The maximum Gasteiger partial charge on any atom is 0.240 e. The summed E-state index contributed by atoms with van der Waals surface area (Å²) in [4.78, 5) is 13.6. The molecule has 1 heterocycles. The summed E-state index contributed by atoms with van der Waals surface area (Å²) in [6, 6.07) is 0.366. The Morgan fingerprint density at radius 1 is 1.46 bits per heavy atom. The van der Waals surface area contributed by atoms with Crippen LogP contribution >= 0.6 is 11.6 Å². The number of alkyl halides is 1. The molecule has 0 aromatic carbocycles. The number of hydrogen-bond donors (Lipinski definition) is 0. The molecule has 0 bridgehead atoms. The lowest BCUT2D eigenvalue weighted by Crippen LogP contribution is -2.47. The summed E-state index contributed by atoms with van der Waals surface area (Å²) in [6.07, 6.45) is 2.33. The largest absolute Gasteiger partial charge is 0.338 e. The molecule has 0 saturated carbocycles. The maximum atomic E-state index is 11.6. The van der Waals surface area contributed by atoms with Gasteiger partial charge in [0.05, 0.1) is 0 Å². The van der Waals surface area contributed by atoms with Gasteiger partial charge in [-0.25, -0.2) is 0 Å². The first kappa shape index (κ1) is 10.8. The van der Waals surface area contributed by atoms with E-state index >= 15 is 0 Å². The molecule has 0 aromatic heterocycles. The number of piperidine rings is 1. The first-order valence-electron chi connectivity index (χ1n) is 4.97. The van der Waals surface area contributed by atoms with E-state index in [2.05, 4.69) is 13.8 Å². The fourth-order valence-electron chi connectivity index (χ4n) is 1.82. The van der Waals surface area contributed by atoms with Crippen molar-refractivity contribution >= 4 is 17.5 Å². The van der Waals surface area contributed by atoms with E-state index < -0.39 is 0 Å². The van der Waals surface area contributed by atoms with Crippen LogP contribution in [0.15, 0.2) is 0 Å². The lowest BCUT2D eigenvalue weighted by Gasteiger charge is -2.37. The van der Waals surface area contributed by atoms with Gasteiger partial charge in [0, 0.05) is 12.6 Å². The van der Waals surface area contributed by atoms with E-state index in [-0.39, 0.29) is 11.3 Å². The summed E-state index contributed by atoms with van der Waals surface area (Å²) in [5, 5.41) is -0.382. The molecular weight excluding hydrogens is 186 g/mol. The molecule has 3 heteroatoms. The molecule has 1 amide bonds. The second kappa shape index (κ2) is 4.32. The third kappa shape index (κ3) is 2.60. The summed E-state index contributed by atoms with van der Waals surface area (Å²) < 4.78 is 0. The number of hydrogen-bond acceptors (Lipinski definition) is 1. The van der Waals surface area contributed by atoms with E-state index in [1.54, 1.807) is 6.92 Å². The average molecular weight is 204 g/mol. The van der Waals surface area contributed by atoms with Gasteiger partial charge in [0.2, 0.25) is 5.91 Å². The molecule has 0 radical (unpaired) electrons. The van der Waals surface area contributed by atoms with Crippen molar-refractivity contribution in [3.63, 3.8) is 0 Å². The number of rotatable bonds is 1. The molecule has 2 nitrogen and oxygen atoms in total. The maximum absolute atomic E-state index is 11.6. The Bertz CT molecular complexity index is 193. The molecule has 1 aliphatic rings. The minimum Gasteiger partial charge on any atom is -0.338 e. The van der Waals surface area contributed by atoms with Gasteiger partial charge >= 0.3 is 0 Å². The lowest BCUT2D eigenvalue weighted by atomic mass is 9.95. The van der Waals surface area contributed by atoms with Crippen molar-refractivity contribution in [2.45, 2.75) is 45.0 Å². The Morgan fingerprint density at radius 3 is 2.62 bits per heavy atom. The second-order valence-corrected chi connectivity index (χ2v) is 4.79. The molecule has 0 aromatic rings. The van der Waals surface area contributed by atoms with Crippen LogP contribution in [0.5, 0.6) is 0 Å². The summed E-state index contributed by atoms with van der Waals surface area (Å²) in [6.45, 7) is 6.90. The predicted molar refractivity (Wildman–Crippen MR) is 54.9 cm³/mol. The third-order valence-electron chi connectivity index (χ3n) is 2.74. The van der Waals surface area contributed by atoms with Gasteiger partial charge in [-0.15, -0.1) is 11.6 Å². The number of amides is 1. The van der Waals surface area contributed by atoms with E-state index in [9.17, 15) is 4.79 Å². The van der Waals surface area contributed by atoms with Crippen LogP contribution in [0.1, 0.15) is 33.6 Å². The van der Waals surface area contributed by atoms with Crippen LogP contribution in [0.4, 0.5) is 0 Å². The first-order chi connectivity index (χ1) is 6.02. The van der Waals surface area contributed by atoms with Crippen LogP contribution in [-0.2, 0) is 4.79 Å². The van der Waals surface area contributed by atoms with E-state index in [1.807, 2.05) is 4.90 Å². The average Bonchev–Trinajstić information content (AvgIpc) is 2.08. The van der Waals surface area contributed by atoms with Crippen molar-refractivity contribution in [3.05, 3.63) is 0 Å². The van der Waals surface area contributed by atoms with Crippen LogP contribution in [0.25, 0.3) is 0 Å². The van der Waals surface area contributed by atoms with Gasteiger partial charge in [0.15, 0.2) is 0 Å². The van der Waals surface area contributed by atoms with Gasteiger partial charge in [-0.05, 0) is 32.6 Å². The summed E-state index contributed by atoms with van der Waals surface area (Å²) in [7, 11) is 0. The molecule has 0 N–H and O–H groups in total. The topological polar surface area (TPSA) is 20.3 Å². The Hall–Kier alpha value is -0.240. The van der Waals surface area contributed by atoms with Crippen molar-refractivity contribution in [1.29, 1.82) is 0 Å². The molecule has 1 rings (SSSR count). The van der Waals surface area contributed by atoms with E-state index in [4.69, 9.17) is 11.6 Å². The van der Waals surface area contributed by atoms with E-state index in [1.165, 1.54) is 6.42 Å². The number of halogens is 1. The number of carbonyl (C=O) groups is 1. The first-order valence-corrected chi connectivity index (χ1v) is 5.40. The van der Waals surface area contributed by atoms with Crippen molar-refractivity contribution in [2.75, 3.05) is 6.54 Å². The van der Waals surface area contributed by atoms with Gasteiger partial charge in [-0.2, -0.15) is 0 Å². The van der Waals surface area contributed by atoms with Gasteiger partial charge in [0.25, 0.3) is 0 Å². The van der Waals surface area contributed by atoms with Gasteiger partial charge in [-0.3, -0.25) is 4.79 Å². The highest BCUT2D eigenvalue weighted by Crippen LogP contribution is 2.22. The standard InChI is InChI=1S/C10H18ClNO/c1-7-4-5-8(2)12(6-7)10(13)9(3)11/h7-9H,4-6H2,1-3H3. The summed E-state index contributed by atoms with van der Waals surface area (Å²) in [5.74, 6) is 0.705. The molecule has 3 unspecified atom stereocenters. The van der Waals surface area contributed by atoms with Gasteiger partial charge in [-0.1, -0.05) is 6.92 Å². The SMILES string of the molecule is CC1CCC(C)N(C(=O)C(C)Cl)C1. The zero-order chi connectivity index (χ0) is 10.0. The van der Waals surface area contributed by atoms with Gasteiger partial charge in [0.1, 0.15) is 5.38 Å². The van der Waals surface area contributed by atoms with Crippen molar-refractivity contribution in [3.8, 4) is 0 Å². The normalized spacial score (nSPS) is 31.5. The Labute approximate surface area is 85.2 Å². The molecule has 1 saturated heterocycles. The second-order valence-electron chi connectivity index (χ2n) is 4.14. The summed E-state index contributed by atoms with van der Waals surface area (Å²) in [5.41, 5.74) is 0. The lowest BCUT2D eigenvalue weighted by molar-refractivity contribution is -0.134. The minimum absolute atomic E-state index is 0.0840. The van der Waals surface area contributed by atoms with Crippen molar-refractivity contribution in [1.82, 2.24) is 4.90 Å². The molecule has 1 fully saturated rings. The quantitative estimate of drug-likeness (QED) is 0.599. The van der Waals surface area contributed by atoms with Crippen LogP contribution in [0.2, 0.25) is 0 Å². The number of carbonyl (C=O) groups excluding carboxylic acids is 1. The number of nitrogens with zero attached hydrogens (tertiary/aromatic N) is 1. The van der Waals surface area contributed by atoms with Crippen LogP contribution < -0.4 is 0 Å². The van der Waals surface area contributed by atoms with E-state index in [0.717, 1.165) is 13.0 Å². The number of likely N-dealkylation sites (tertiary alicyclic amines) is 1. The summed E-state index contributed by atoms with van der Waals surface area (Å²) >= 11 is 5.78. The fourth-order valence-corrected chi connectivity index (χ4v) is 1.95. The molecule has 0 aliphatic carbocycles. The molecule has 3 atom stereocenters. The monoisotopic (exact) mass is 203 g/mol. The van der Waals surface area contributed by atoms with Gasteiger partial charge < -0.3 is 4.90 Å². The molecule has 0 spiro atoms. The Morgan fingerprint density at radius 2 is 2.08 bits per heavy atom. The zero-order valence-corrected chi connectivity index (χ0v) is 9.34. The highest BCUT2D eigenvalue weighted by atomic mass is 35.5. The highest BCUT2D eigenvalue weighted by molar-refractivity contribution is 6.30. The van der Waals surface area contributed by atoms with Crippen molar-refractivity contribution in [2.24, 2.45) is 5.92 Å². The molecule has 76 valence electrons. The minimum atomic E-state index is -0.382. The van der Waals surface area contributed by atoms with Crippen molar-refractivity contribution < 1.29 is 4.79 Å². The van der Waals surface area contributed by atoms with Crippen LogP contribution in [0, 0.1) is 5.92 Å². The predicted octanol–water partition coefficient (Wildman–Crippen LogP) is 2.26. The highest BCUT2D eigenvalue weighted by Gasteiger charge is 2.28. The molecular formula is C10H18ClNO. The Kier molecular flexibility index (Phi) is 3.60. The smallest absolute Gasteiger partial charge is 0.240 e. The van der Waals surface area contributed by atoms with E-state index in [0.29, 0.717) is 12.0 Å². The molecule has 1 aliphatic heterocycles. The zero-order valence-electron chi connectivity index (χ0n) is 8.59. The fraction of sp³-hybridized carbons (Fsp3) is 0.900. The van der Waals surface area contributed by atoms with Crippen LogP contribution in [0.3, 0.4) is 0 Å². The van der Waals surface area contributed by atoms with Crippen LogP contribution in [-0.4, -0.2) is 28.8 Å². The third-order valence-corrected chi connectivity index (χ3v) is 2.93. The Balaban J connectivity index is 2.60. The molecule has 13 heavy (non-hydrogen) atoms.